The zero-order valence-corrected chi connectivity index (χ0v) is 14.6. The summed E-state index contributed by atoms with van der Waals surface area (Å²) in [7, 11) is 1.61. The lowest BCUT2D eigenvalue weighted by Crippen LogP contribution is -2.42. The number of hydrogen-bond acceptors (Lipinski definition) is 4. The summed E-state index contributed by atoms with van der Waals surface area (Å²) in [4.78, 5) is 16.0. The molecule has 5 nitrogen and oxygen atoms in total. The van der Waals surface area contributed by atoms with E-state index in [-0.39, 0.29) is 12.5 Å². The summed E-state index contributed by atoms with van der Waals surface area (Å²) in [6.45, 7) is 1.83. The van der Waals surface area contributed by atoms with E-state index in [0.717, 1.165) is 15.8 Å². The highest BCUT2D eigenvalue weighted by molar-refractivity contribution is 9.10. The topological polar surface area (TPSA) is 71.5 Å². The Labute approximate surface area is 143 Å². The normalized spacial score (nSPS) is 13.2. The van der Waals surface area contributed by atoms with Gasteiger partial charge in [-0.05, 0) is 46.6 Å². The minimum absolute atomic E-state index is 0.143. The van der Waals surface area contributed by atoms with E-state index in [1.165, 1.54) is 6.20 Å². The van der Waals surface area contributed by atoms with Crippen molar-refractivity contribution in [2.24, 2.45) is 0 Å². The van der Waals surface area contributed by atoms with Gasteiger partial charge in [0.1, 0.15) is 5.75 Å². The van der Waals surface area contributed by atoms with E-state index in [9.17, 15) is 9.90 Å². The Morgan fingerprint density at radius 2 is 2.04 bits per heavy atom. The van der Waals surface area contributed by atoms with E-state index >= 15 is 0 Å². The predicted octanol–water partition coefficient (Wildman–Crippen LogP) is 2.58. The van der Waals surface area contributed by atoms with Crippen LogP contribution in [0.2, 0.25) is 0 Å². The largest absolute Gasteiger partial charge is 0.497 e. The van der Waals surface area contributed by atoms with Gasteiger partial charge in [-0.3, -0.25) is 9.78 Å². The van der Waals surface area contributed by atoms with Crippen LogP contribution in [0, 0.1) is 0 Å². The molecule has 0 saturated carbocycles. The van der Waals surface area contributed by atoms with Crippen LogP contribution >= 0.6 is 15.9 Å². The molecule has 0 unspecified atom stereocenters. The number of carbonyl (C=O) groups excluding carboxylic acids is 1. The molecule has 2 rings (SSSR count). The third kappa shape index (κ3) is 5.33. The number of rotatable bonds is 6. The first kappa shape index (κ1) is 17.4. The van der Waals surface area contributed by atoms with Gasteiger partial charge in [-0.2, -0.15) is 0 Å². The molecular formula is C17H19BrN2O3. The molecule has 0 aliphatic rings. The fourth-order valence-electron chi connectivity index (χ4n) is 2.15. The molecule has 0 aliphatic heterocycles. The van der Waals surface area contributed by atoms with Gasteiger partial charge in [0.25, 0.3) is 5.91 Å². The average Bonchev–Trinajstić information content (AvgIpc) is 2.53. The van der Waals surface area contributed by atoms with E-state index in [0.29, 0.717) is 12.0 Å². The first-order chi connectivity index (χ1) is 10.9. The van der Waals surface area contributed by atoms with Crippen LogP contribution in [-0.2, 0) is 6.42 Å². The Morgan fingerprint density at radius 3 is 2.65 bits per heavy atom. The summed E-state index contributed by atoms with van der Waals surface area (Å²) >= 11 is 3.27. The number of pyridine rings is 1. The van der Waals surface area contributed by atoms with Crippen molar-refractivity contribution in [3.05, 3.63) is 58.3 Å². The van der Waals surface area contributed by atoms with Crippen molar-refractivity contribution < 1.29 is 14.6 Å². The van der Waals surface area contributed by atoms with Crippen molar-refractivity contribution in [3.63, 3.8) is 0 Å². The summed E-state index contributed by atoms with van der Waals surface area (Å²) in [6.07, 6.45) is 3.52. The van der Waals surface area contributed by atoms with Gasteiger partial charge in [0.05, 0.1) is 18.3 Å². The summed E-state index contributed by atoms with van der Waals surface area (Å²) in [5.41, 5.74) is 0.359. The maximum atomic E-state index is 12.1. The zero-order chi connectivity index (χ0) is 16.9. The first-order valence-electron chi connectivity index (χ1n) is 7.14. The molecule has 0 bridgehead atoms. The third-order valence-electron chi connectivity index (χ3n) is 3.34. The van der Waals surface area contributed by atoms with Crippen LogP contribution < -0.4 is 10.1 Å². The number of methoxy groups -OCH3 is 1. The number of halogens is 1. The second kappa shape index (κ2) is 7.57. The van der Waals surface area contributed by atoms with E-state index < -0.39 is 5.60 Å². The van der Waals surface area contributed by atoms with Crippen LogP contribution in [0.15, 0.2) is 47.2 Å². The van der Waals surface area contributed by atoms with Crippen molar-refractivity contribution >= 4 is 21.8 Å². The number of aliphatic hydroxyl groups is 1. The molecule has 6 heteroatoms. The van der Waals surface area contributed by atoms with Gasteiger partial charge in [0.15, 0.2) is 0 Å². The summed E-state index contributed by atoms with van der Waals surface area (Å²) in [5, 5.41) is 13.2. The van der Waals surface area contributed by atoms with Crippen LogP contribution in [0.4, 0.5) is 0 Å². The Hall–Kier alpha value is -1.92. The van der Waals surface area contributed by atoms with Gasteiger partial charge in [0, 0.05) is 29.8 Å². The number of amides is 1. The smallest absolute Gasteiger partial charge is 0.252 e. The summed E-state index contributed by atoms with van der Waals surface area (Å²) in [5.74, 6) is 0.498. The molecule has 1 aromatic carbocycles. The van der Waals surface area contributed by atoms with Crippen molar-refractivity contribution in [2.45, 2.75) is 18.9 Å². The molecule has 0 spiro atoms. The van der Waals surface area contributed by atoms with Crippen LogP contribution in [0.1, 0.15) is 22.8 Å². The molecule has 0 fully saturated rings. The quantitative estimate of drug-likeness (QED) is 0.810. The number of nitrogens with zero attached hydrogens (tertiary/aromatic N) is 1. The number of aromatic nitrogens is 1. The molecule has 122 valence electrons. The third-order valence-corrected chi connectivity index (χ3v) is 3.77. The Balaban J connectivity index is 1.93. The molecule has 23 heavy (non-hydrogen) atoms. The molecule has 1 heterocycles. The Bertz CT molecular complexity index is 672. The lowest BCUT2D eigenvalue weighted by atomic mass is 9.96. The van der Waals surface area contributed by atoms with Gasteiger partial charge >= 0.3 is 0 Å². The van der Waals surface area contributed by atoms with E-state index in [4.69, 9.17) is 4.74 Å². The van der Waals surface area contributed by atoms with Crippen LogP contribution in [0.25, 0.3) is 0 Å². The lowest BCUT2D eigenvalue weighted by Gasteiger charge is -2.24. The maximum Gasteiger partial charge on any atom is 0.252 e. The molecule has 1 amide bonds. The molecule has 2 N–H and O–H groups in total. The van der Waals surface area contributed by atoms with Crippen molar-refractivity contribution in [1.29, 1.82) is 0 Å². The van der Waals surface area contributed by atoms with E-state index in [1.807, 2.05) is 24.3 Å². The number of nitrogens with one attached hydrogen (secondary N) is 1. The molecule has 1 aromatic heterocycles. The van der Waals surface area contributed by atoms with Crippen molar-refractivity contribution in [1.82, 2.24) is 10.3 Å². The second-order valence-electron chi connectivity index (χ2n) is 5.60. The Morgan fingerprint density at radius 1 is 1.35 bits per heavy atom. The predicted molar refractivity (Wildman–Crippen MR) is 91.6 cm³/mol. The van der Waals surface area contributed by atoms with Gasteiger partial charge < -0.3 is 15.2 Å². The van der Waals surface area contributed by atoms with Crippen LogP contribution in [0.5, 0.6) is 5.75 Å². The maximum absolute atomic E-state index is 12.1. The lowest BCUT2D eigenvalue weighted by molar-refractivity contribution is 0.0552. The highest BCUT2D eigenvalue weighted by Crippen LogP contribution is 2.17. The monoisotopic (exact) mass is 378 g/mol. The van der Waals surface area contributed by atoms with Crippen molar-refractivity contribution in [3.8, 4) is 5.75 Å². The molecule has 2 aromatic rings. The standard InChI is InChI=1S/C17H19BrN2O3/c1-17(22,8-12-3-5-15(23-2)6-4-12)11-20-16(21)13-7-14(18)10-19-9-13/h3-7,9-10,22H,8,11H2,1-2H3,(H,20,21)/t17-/m1/s1. The van der Waals surface area contributed by atoms with Crippen LogP contribution in [-0.4, -0.2) is 35.3 Å². The van der Waals surface area contributed by atoms with Gasteiger partial charge in [-0.1, -0.05) is 12.1 Å². The molecule has 0 saturated heterocycles. The number of carbonyl (C=O) groups is 1. The number of hydrogen-bond donors (Lipinski definition) is 2. The zero-order valence-electron chi connectivity index (χ0n) is 13.0. The SMILES string of the molecule is COc1ccc(C[C@@](C)(O)CNC(=O)c2cncc(Br)c2)cc1. The molecule has 0 aliphatic carbocycles. The summed E-state index contributed by atoms with van der Waals surface area (Å²) in [6, 6.07) is 9.16. The fourth-order valence-corrected chi connectivity index (χ4v) is 2.52. The van der Waals surface area contributed by atoms with E-state index in [2.05, 4.69) is 26.2 Å². The number of benzene rings is 1. The first-order valence-corrected chi connectivity index (χ1v) is 7.93. The fraction of sp³-hybridized carbons (Fsp3) is 0.294. The van der Waals surface area contributed by atoms with Gasteiger partial charge in [-0.25, -0.2) is 0 Å². The van der Waals surface area contributed by atoms with Gasteiger partial charge in [0.2, 0.25) is 0 Å². The van der Waals surface area contributed by atoms with E-state index in [1.54, 1.807) is 26.3 Å². The second-order valence-corrected chi connectivity index (χ2v) is 6.51. The van der Waals surface area contributed by atoms with Crippen molar-refractivity contribution in [2.75, 3.05) is 13.7 Å². The number of ether oxygens (including phenoxy) is 1. The average molecular weight is 379 g/mol. The molecule has 1 atom stereocenters. The highest BCUT2D eigenvalue weighted by atomic mass is 79.9. The minimum atomic E-state index is -1.05. The highest BCUT2D eigenvalue weighted by Gasteiger charge is 2.22. The molecule has 0 radical (unpaired) electrons. The Kier molecular flexibility index (Phi) is 5.74. The van der Waals surface area contributed by atoms with Crippen LogP contribution in [0.3, 0.4) is 0 Å². The van der Waals surface area contributed by atoms with Gasteiger partial charge in [-0.15, -0.1) is 0 Å². The molecular weight excluding hydrogens is 360 g/mol. The summed E-state index contributed by atoms with van der Waals surface area (Å²) < 4.78 is 5.84. The minimum Gasteiger partial charge on any atom is -0.497 e.